The van der Waals surface area contributed by atoms with Gasteiger partial charge in [-0.3, -0.25) is 0 Å². The van der Waals surface area contributed by atoms with Crippen LogP contribution in [0.25, 0.3) is 0 Å². The lowest BCUT2D eigenvalue weighted by atomic mass is 9.87. The van der Waals surface area contributed by atoms with Crippen molar-refractivity contribution in [1.82, 2.24) is 0 Å². The van der Waals surface area contributed by atoms with Crippen LogP contribution in [0.2, 0.25) is 0 Å². The van der Waals surface area contributed by atoms with E-state index >= 15 is 0 Å². The molecule has 12 heavy (non-hydrogen) atoms. The predicted molar refractivity (Wildman–Crippen MR) is 46.9 cm³/mol. The zero-order valence-corrected chi connectivity index (χ0v) is 7.93. The Labute approximate surface area is 72.8 Å². The van der Waals surface area contributed by atoms with Crippen LogP contribution in [-0.2, 0) is 5.41 Å². The molecule has 0 saturated heterocycles. The number of nitriles is 1. The average Bonchev–Trinajstić information content (AvgIpc) is 2.29. The van der Waals surface area contributed by atoms with E-state index < -0.39 is 0 Å². The van der Waals surface area contributed by atoms with Crippen LogP contribution in [0.15, 0.2) is 10.5 Å². The molecule has 2 heteroatoms. The first kappa shape index (κ1) is 8.86. The first-order chi connectivity index (χ1) is 5.45. The molecule has 0 spiro atoms. The lowest BCUT2D eigenvalue weighted by Gasteiger charge is -2.15. The number of aryl methyl sites for hydroxylation is 1. The van der Waals surface area contributed by atoms with E-state index in [2.05, 4.69) is 26.8 Å². The quantitative estimate of drug-likeness (QED) is 0.589. The summed E-state index contributed by atoms with van der Waals surface area (Å²) in [4.78, 5) is 0. The molecule has 0 unspecified atom stereocenters. The van der Waals surface area contributed by atoms with Crippen LogP contribution in [0.3, 0.4) is 0 Å². The number of furan rings is 1. The molecule has 64 valence electrons. The van der Waals surface area contributed by atoms with Gasteiger partial charge in [0, 0.05) is 5.56 Å². The molecule has 1 aromatic rings. The Kier molecular flexibility index (Phi) is 1.97. The van der Waals surface area contributed by atoms with Crippen LogP contribution in [0.1, 0.15) is 37.9 Å². The molecular weight excluding hydrogens is 150 g/mol. The third-order valence-electron chi connectivity index (χ3n) is 1.76. The summed E-state index contributed by atoms with van der Waals surface area (Å²) in [5, 5.41) is 8.75. The number of rotatable bonds is 0. The Morgan fingerprint density at radius 1 is 1.42 bits per heavy atom. The topological polar surface area (TPSA) is 36.9 Å². The summed E-state index contributed by atoms with van der Waals surface area (Å²) in [5.74, 6) is 1.25. The van der Waals surface area contributed by atoms with Gasteiger partial charge in [-0.2, -0.15) is 5.26 Å². The molecule has 0 bridgehead atoms. The lowest BCUT2D eigenvalue weighted by molar-refractivity contribution is 0.503. The van der Waals surface area contributed by atoms with E-state index in [9.17, 15) is 0 Å². The summed E-state index contributed by atoms with van der Waals surface area (Å²) < 4.78 is 5.23. The van der Waals surface area contributed by atoms with E-state index in [4.69, 9.17) is 9.68 Å². The maximum Gasteiger partial charge on any atom is 0.207 e. The molecule has 0 aliphatic heterocycles. The van der Waals surface area contributed by atoms with Gasteiger partial charge in [-0.25, -0.2) is 0 Å². The van der Waals surface area contributed by atoms with Crippen LogP contribution in [0.5, 0.6) is 0 Å². The van der Waals surface area contributed by atoms with Gasteiger partial charge in [-0.15, -0.1) is 0 Å². The van der Waals surface area contributed by atoms with Crippen molar-refractivity contribution in [2.75, 3.05) is 0 Å². The van der Waals surface area contributed by atoms with Crippen molar-refractivity contribution in [3.63, 3.8) is 0 Å². The molecule has 0 atom stereocenters. The fourth-order valence-corrected chi connectivity index (χ4v) is 1.15. The minimum absolute atomic E-state index is 0.0111. The van der Waals surface area contributed by atoms with E-state index in [1.54, 1.807) is 0 Å². The SMILES string of the molecule is Cc1cc(C(C)(C)C)c(C#N)o1. The maximum atomic E-state index is 8.75. The van der Waals surface area contributed by atoms with Crippen molar-refractivity contribution < 1.29 is 4.42 Å². The fourth-order valence-electron chi connectivity index (χ4n) is 1.15. The monoisotopic (exact) mass is 163 g/mol. The first-order valence-corrected chi connectivity index (χ1v) is 3.96. The maximum absolute atomic E-state index is 8.75. The van der Waals surface area contributed by atoms with Crippen LogP contribution >= 0.6 is 0 Å². The van der Waals surface area contributed by atoms with Crippen LogP contribution < -0.4 is 0 Å². The molecule has 0 radical (unpaired) electrons. The predicted octanol–water partition coefficient (Wildman–Crippen LogP) is 2.76. The van der Waals surface area contributed by atoms with Gasteiger partial charge in [0.15, 0.2) is 0 Å². The standard InChI is InChI=1S/C10H13NO/c1-7-5-8(10(2,3)4)9(6-11)12-7/h5H,1-4H3. The summed E-state index contributed by atoms with van der Waals surface area (Å²) >= 11 is 0. The molecule has 1 aromatic heterocycles. The summed E-state index contributed by atoms with van der Waals surface area (Å²) in [6.07, 6.45) is 0. The van der Waals surface area contributed by atoms with Crippen molar-refractivity contribution in [3.05, 3.63) is 23.2 Å². The van der Waals surface area contributed by atoms with E-state index in [0.29, 0.717) is 5.76 Å². The van der Waals surface area contributed by atoms with Gasteiger partial charge >= 0.3 is 0 Å². The zero-order chi connectivity index (χ0) is 9.35. The molecule has 0 saturated carbocycles. The third kappa shape index (κ3) is 1.50. The number of hydrogen-bond donors (Lipinski definition) is 0. The number of hydrogen-bond acceptors (Lipinski definition) is 2. The lowest BCUT2D eigenvalue weighted by Crippen LogP contribution is -2.11. The van der Waals surface area contributed by atoms with Crippen molar-refractivity contribution >= 4 is 0 Å². The van der Waals surface area contributed by atoms with E-state index in [0.717, 1.165) is 11.3 Å². The first-order valence-electron chi connectivity index (χ1n) is 3.96. The molecule has 0 aromatic carbocycles. The molecule has 0 fully saturated rings. The molecule has 2 nitrogen and oxygen atoms in total. The van der Waals surface area contributed by atoms with Gasteiger partial charge in [0.05, 0.1) is 0 Å². The highest BCUT2D eigenvalue weighted by molar-refractivity contribution is 5.35. The summed E-state index contributed by atoms with van der Waals surface area (Å²) in [5.41, 5.74) is 0.977. The second-order valence-electron chi connectivity index (χ2n) is 3.96. The normalized spacial score (nSPS) is 11.2. The van der Waals surface area contributed by atoms with E-state index in [-0.39, 0.29) is 5.41 Å². The summed E-state index contributed by atoms with van der Waals surface area (Å²) in [6, 6.07) is 3.99. The highest BCUT2D eigenvalue weighted by Gasteiger charge is 2.21. The smallest absolute Gasteiger partial charge is 0.207 e. The molecule has 1 rings (SSSR count). The summed E-state index contributed by atoms with van der Waals surface area (Å²) in [6.45, 7) is 8.06. The molecule has 1 heterocycles. The largest absolute Gasteiger partial charge is 0.451 e. The number of nitrogens with zero attached hydrogens (tertiary/aromatic N) is 1. The van der Waals surface area contributed by atoms with E-state index in [1.807, 2.05) is 13.0 Å². The van der Waals surface area contributed by atoms with Crippen LogP contribution in [0.4, 0.5) is 0 Å². The van der Waals surface area contributed by atoms with Gasteiger partial charge in [0.1, 0.15) is 11.8 Å². The van der Waals surface area contributed by atoms with Crippen molar-refractivity contribution in [1.29, 1.82) is 5.26 Å². The Balaban J connectivity index is 3.25. The van der Waals surface area contributed by atoms with Gasteiger partial charge in [0.2, 0.25) is 5.76 Å². The Morgan fingerprint density at radius 2 is 2.00 bits per heavy atom. The zero-order valence-electron chi connectivity index (χ0n) is 7.93. The second kappa shape index (κ2) is 2.67. The van der Waals surface area contributed by atoms with Crippen molar-refractivity contribution in [2.24, 2.45) is 0 Å². The Hall–Kier alpha value is -1.23. The Morgan fingerprint density at radius 3 is 2.33 bits per heavy atom. The fraction of sp³-hybridized carbons (Fsp3) is 0.500. The highest BCUT2D eigenvalue weighted by Crippen LogP contribution is 2.27. The van der Waals surface area contributed by atoms with Gasteiger partial charge in [0.25, 0.3) is 0 Å². The molecule has 0 N–H and O–H groups in total. The van der Waals surface area contributed by atoms with Crippen LogP contribution in [-0.4, -0.2) is 0 Å². The molecule has 0 aliphatic rings. The second-order valence-corrected chi connectivity index (χ2v) is 3.96. The Bertz CT molecular complexity index is 323. The highest BCUT2D eigenvalue weighted by atomic mass is 16.3. The molecular formula is C10H13NO. The molecule has 0 amide bonds. The van der Waals surface area contributed by atoms with E-state index in [1.165, 1.54) is 0 Å². The third-order valence-corrected chi connectivity index (χ3v) is 1.76. The van der Waals surface area contributed by atoms with Gasteiger partial charge in [-0.05, 0) is 18.4 Å². The van der Waals surface area contributed by atoms with Crippen LogP contribution in [0, 0.1) is 18.3 Å². The minimum atomic E-state index is -0.0111. The average molecular weight is 163 g/mol. The van der Waals surface area contributed by atoms with Crippen molar-refractivity contribution in [3.8, 4) is 6.07 Å². The van der Waals surface area contributed by atoms with Crippen molar-refractivity contribution in [2.45, 2.75) is 33.1 Å². The van der Waals surface area contributed by atoms with Gasteiger partial charge < -0.3 is 4.42 Å². The summed E-state index contributed by atoms with van der Waals surface area (Å²) in [7, 11) is 0. The minimum Gasteiger partial charge on any atom is -0.451 e. The van der Waals surface area contributed by atoms with Gasteiger partial charge in [-0.1, -0.05) is 20.8 Å². The molecule has 0 aliphatic carbocycles.